The van der Waals surface area contributed by atoms with E-state index < -0.39 is 0 Å². The zero-order valence-electron chi connectivity index (χ0n) is 12.6. The van der Waals surface area contributed by atoms with E-state index in [0.717, 1.165) is 11.5 Å². The Morgan fingerprint density at radius 1 is 1.23 bits per heavy atom. The summed E-state index contributed by atoms with van der Waals surface area (Å²) >= 11 is 0. The molecule has 0 fully saturated rings. The van der Waals surface area contributed by atoms with E-state index in [0.29, 0.717) is 29.6 Å². The van der Waals surface area contributed by atoms with E-state index in [1.165, 1.54) is 0 Å². The first-order valence-corrected chi connectivity index (χ1v) is 6.98. The van der Waals surface area contributed by atoms with Gasteiger partial charge in [0, 0.05) is 12.3 Å². The fourth-order valence-electron chi connectivity index (χ4n) is 1.99. The molecule has 0 radical (unpaired) electrons. The summed E-state index contributed by atoms with van der Waals surface area (Å²) in [6.45, 7) is 5.73. The van der Waals surface area contributed by atoms with E-state index >= 15 is 0 Å². The maximum atomic E-state index is 5.72. The molecule has 3 rings (SSSR count). The zero-order chi connectivity index (χ0) is 15.5. The standard InChI is InChI=1S/C15H16N4O3/c1-9(2)20-12-5-4-6-16-14(12)15-17-13(22-19-15)8-11-7-10(3)21-18-11/h4-7,9H,8H2,1-3H3. The smallest absolute Gasteiger partial charge is 0.233 e. The van der Waals surface area contributed by atoms with Crippen molar-refractivity contribution in [1.82, 2.24) is 20.3 Å². The predicted molar refractivity (Wildman–Crippen MR) is 77.3 cm³/mol. The second-order valence-corrected chi connectivity index (χ2v) is 5.13. The highest BCUT2D eigenvalue weighted by atomic mass is 16.5. The third-order valence-corrected chi connectivity index (χ3v) is 2.82. The number of hydrogen-bond acceptors (Lipinski definition) is 7. The van der Waals surface area contributed by atoms with Crippen molar-refractivity contribution in [3.05, 3.63) is 41.7 Å². The summed E-state index contributed by atoms with van der Waals surface area (Å²) in [7, 11) is 0. The second kappa shape index (κ2) is 5.97. The van der Waals surface area contributed by atoms with Gasteiger partial charge in [-0.05, 0) is 32.9 Å². The van der Waals surface area contributed by atoms with Gasteiger partial charge in [0.1, 0.15) is 11.5 Å². The van der Waals surface area contributed by atoms with Gasteiger partial charge < -0.3 is 13.8 Å². The SMILES string of the molecule is Cc1cc(Cc2nc(-c3ncccc3OC(C)C)no2)no1. The van der Waals surface area contributed by atoms with Crippen LogP contribution in [-0.2, 0) is 6.42 Å². The quantitative estimate of drug-likeness (QED) is 0.716. The van der Waals surface area contributed by atoms with E-state index in [-0.39, 0.29) is 6.10 Å². The van der Waals surface area contributed by atoms with Gasteiger partial charge in [0.2, 0.25) is 11.7 Å². The minimum absolute atomic E-state index is 0.0347. The molecule has 0 aliphatic carbocycles. The van der Waals surface area contributed by atoms with Crippen molar-refractivity contribution >= 4 is 0 Å². The Morgan fingerprint density at radius 2 is 2.09 bits per heavy atom. The Bertz CT molecular complexity index is 764. The van der Waals surface area contributed by atoms with Crippen LogP contribution in [0.4, 0.5) is 0 Å². The molecule has 0 amide bonds. The van der Waals surface area contributed by atoms with E-state index in [1.807, 2.05) is 32.9 Å². The first kappa shape index (κ1) is 14.2. The minimum Gasteiger partial charge on any atom is -0.489 e. The number of rotatable bonds is 5. The molecule has 0 aliphatic rings. The summed E-state index contributed by atoms with van der Waals surface area (Å²) < 4.78 is 16.0. The molecule has 3 aromatic heterocycles. The van der Waals surface area contributed by atoms with Gasteiger partial charge in [-0.2, -0.15) is 4.98 Å². The highest BCUT2D eigenvalue weighted by Gasteiger charge is 2.16. The molecule has 0 atom stereocenters. The molecule has 0 saturated carbocycles. The molecule has 0 bridgehead atoms. The second-order valence-electron chi connectivity index (χ2n) is 5.13. The molecule has 7 heteroatoms. The van der Waals surface area contributed by atoms with Crippen molar-refractivity contribution in [2.75, 3.05) is 0 Å². The Morgan fingerprint density at radius 3 is 2.82 bits per heavy atom. The van der Waals surface area contributed by atoms with E-state index in [4.69, 9.17) is 13.8 Å². The molecule has 0 aliphatic heterocycles. The molecule has 3 aromatic rings. The van der Waals surface area contributed by atoms with Crippen molar-refractivity contribution in [2.45, 2.75) is 33.3 Å². The van der Waals surface area contributed by atoms with Gasteiger partial charge in [-0.1, -0.05) is 10.3 Å². The minimum atomic E-state index is 0.0347. The topological polar surface area (TPSA) is 87.1 Å². The van der Waals surface area contributed by atoms with Gasteiger partial charge in [-0.25, -0.2) is 4.98 Å². The Kier molecular flexibility index (Phi) is 3.86. The van der Waals surface area contributed by atoms with Crippen molar-refractivity contribution in [3.8, 4) is 17.3 Å². The predicted octanol–water partition coefficient (Wildman–Crippen LogP) is 2.81. The molecule has 0 aromatic carbocycles. The van der Waals surface area contributed by atoms with Gasteiger partial charge in [-0.15, -0.1) is 0 Å². The first-order chi connectivity index (χ1) is 10.6. The number of aromatic nitrogens is 4. The van der Waals surface area contributed by atoms with Crippen LogP contribution >= 0.6 is 0 Å². The van der Waals surface area contributed by atoms with E-state index in [9.17, 15) is 0 Å². The third-order valence-electron chi connectivity index (χ3n) is 2.82. The summed E-state index contributed by atoms with van der Waals surface area (Å²) in [6.07, 6.45) is 2.12. The summed E-state index contributed by atoms with van der Waals surface area (Å²) in [6, 6.07) is 5.47. The lowest BCUT2D eigenvalue weighted by molar-refractivity contribution is 0.242. The van der Waals surface area contributed by atoms with Crippen LogP contribution in [0.15, 0.2) is 33.4 Å². The monoisotopic (exact) mass is 300 g/mol. The number of aryl methyl sites for hydroxylation is 1. The Hall–Kier alpha value is -2.70. The molecule has 7 nitrogen and oxygen atoms in total. The van der Waals surface area contributed by atoms with Crippen LogP contribution in [0, 0.1) is 6.92 Å². The Balaban J connectivity index is 1.84. The first-order valence-electron chi connectivity index (χ1n) is 6.98. The van der Waals surface area contributed by atoms with Crippen LogP contribution in [0.2, 0.25) is 0 Å². The summed E-state index contributed by atoms with van der Waals surface area (Å²) in [5.74, 6) is 2.21. The molecule has 0 spiro atoms. The number of hydrogen-bond donors (Lipinski definition) is 0. The molecule has 0 unspecified atom stereocenters. The molecule has 3 heterocycles. The molecule has 22 heavy (non-hydrogen) atoms. The lowest BCUT2D eigenvalue weighted by Crippen LogP contribution is -2.07. The third kappa shape index (κ3) is 3.13. The van der Waals surface area contributed by atoms with Crippen LogP contribution in [0.3, 0.4) is 0 Å². The summed E-state index contributed by atoms with van der Waals surface area (Å²) in [5, 5.41) is 7.88. The fourth-order valence-corrected chi connectivity index (χ4v) is 1.99. The van der Waals surface area contributed by atoms with E-state index in [1.54, 1.807) is 12.3 Å². The number of nitrogens with zero attached hydrogens (tertiary/aromatic N) is 4. The number of pyridine rings is 1. The average molecular weight is 300 g/mol. The average Bonchev–Trinajstić information content (AvgIpc) is 3.09. The van der Waals surface area contributed by atoms with Gasteiger partial charge >= 0.3 is 0 Å². The van der Waals surface area contributed by atoms with Crippen LogP contribution in [0.25, 0.3) is 11.5 Å². The lowest BCUT2D eigenvalue weighted by atomic mass is 10.3. The van der Waals surface area contributed by atoms with Crippen molar-refractivity contribution in [3.63, 3.8) is 0 Å². The molecule has 114 valence electrons. The molecule has 0 saturated heterocycles. The zero-order valence-corrected chi connectivity index (χ0v) is 12.6. The van der Waals surface area contributed by atoms with Gasteiger partial charge in [-0.3, -0.25) is 0 Å². The van der Waals surface area contributed by atoms with Gasteiger partial charge in [0.25, 0.3) is 0 Å². The lowest BCUT2D eigenvalue weighted by Gasteiger charge is -2.11. The highest BCUT2D eigenvalue weighted by Crippen LogP contribution is 2.26. The van der Waals surface area contributed by atoms with Crippen LogP contribution in [-0.4, -0.2) is 26.4 Å². The van der Waals surface area contributed by atoms with E-state index in [2.05, 4.69) is 20.3 Å². The van der Waals surface area contributed by atoms with Crippen LogP contribution in [0.1, 0.15) is 31.2 Å². The summed E-state index contributed by atoms with van der Waals surface area (Å²) in [5.41, 5.74) is 1.30. The van der Waals surface area contributed by atoms with Crippen molar-refractivity contribution in [2.24, 2.45) is 0 Å². The molecule has 0 N–H and O–H groups in total. The van der Waals surface area contributed by atoms with Crippen LogP contribution < -0.4 is 4.74 Å². The largest absolute Gasteiger partial charge is 0.489 e. The van der Waals surface area contributed by atoms with Gasteiger partial charge in [0.05, 0.1) is 18.2 Å². The highest BCUT2D eigenvalue weighted by molar-refractivity contribution is 5.58. The summed E-state index contributed by atoms with van der Waals surface area (Å²) in [4.78, 5) is 8.63. The fraction of sp³-hybridized carbons (Fsp3) is 0.333. The van der Waals surface area contributed by atoms with Crippen molar-refractivity contribution in [1.29, 1.82) is 0 Å². The normalized spacial score (nSPS) is 11.1. The molecular formula is C15H16N4O3. The Labute approximate surface area is 127 Å². The van der Waals surface area contributed by atoms with Crippen molar-refractivity contribution < 1.29 is 13.8 Å². The van der Waals surface area contributed by atoms with Crippen LogP contribution in [0.5, 0.6) is 5.75 Å². The molecular weight excluding hydrogens is 284 g/mol. The maximum Gasteiger partial charge on any atom is 0.233 e. The maximum absolute atomic E-state index is 5.72. The van der Waals surface area contributed by atoms with Gasteiger partial charge in [0.15, 0.2) is 5.69 Å². The number of ether oxygens (including phenoxy) is 1.